The summed E-state index contributed by atoms with van der Waals surface area (Å²) in [6.07, 6.45) is 5.00. The first kappa shape index (κ1) is 15.5. The fourth-order valence-corrected chi connectivity index (χ4v) is 1.34. The van der Waals surface area contributed by atoms with E-state index in [0.29, 0.717) is 13.0 Å². The number of urea groups is 1. The summed E-state index contributed by atoms with van der Waals surface area (Å²) in [5, 5.41) is 14.0. The molecular weight excluding hydrogens is 220 g/mol. The van der Waals surface area contributed by atoms with Gasteiger partial charge in [-0.25, -0.2) is 9.59 Å². The van der Waals surface area contributed by atoms with Crippen LogP contribution < -0.4 is 10.6 Å². The van der Waals surface area contributed by atoms with Crippen LogP contribution in [0.1, 0.15) is 33.6 Å². The average Bonchev–Trinajstić information content (AvgIpc) is 2.22. The third-order valence-corrected chi connectivity index (χ3v) is 2.14. The van der Waals surface area contributed by atoms with Gasteiger partial charge in [0.25, 0.3) is 0 Å². The van der Waals surface area contributed by atoms with Gasteiger partial charge in [-0.2, -0.15) is 0 Å². The van der Waals surface area contributed by atoms with E-state index in [9.17, 15) is 9.59 Å². The molecule has 0 saturated heterocycles. The van der Waals surface area contributed by atoms with Gasteiger partial charge in [0.05, 0.1) is 0 Å². The maximum atomic E-state index is 11.4. The van der Waals surface area contributed by atoms with Crippen LogP contribution in [-0.4, -0.2) is 29.7 Å². The Hall–Kier alpha value is -1.52. The Bertz CT molecular complexity index is 275. The first-order valence-corrected chi connectivity index (χ1v) is 5.85. The van der Waals surface area contributed by atoms with Gasteiger partial charge < -0.3 is 15.7 Å². The predicted molar refractivity (Wildman–Crippen MR) is 66.8 cm³/mol. The molecule has 0 aliphatic heterocycles. The van der Waals surface area contributed by atoms with Crippen LogP contribution in [0.5, 0.6) is 0 Å². The number of nitrogens with one attached hydrogen (secondary N) is 2. The minimum absolute atomic E-state index is 0.222. The lowest BCUT2D eigenvalue weighted by atomic mass is 10.0. The predicted octanol–water partition coefficient (Wildman–Crippen LogP) is 1.75. The third kappa shape index (κ3) is 8.30. The molecule has 0 rings (SSSR count). The van der Waals surface area contributed by atoms with Crippen LogP contribution in [-0.2, 0) is 4.79 Å². The highest BCUT2D eigenvalue weighted by molar-refractivity contribution is 5.82. The van der Waals surface area contributed by atoms with Crippen molar-refractivity contribution in [2.45, 2.75) is 39.7 Å². The summed E-state index contributed by atoms with van der Waals surface area (Å²) < 4.78 is 0. The Morgan fingerprint density at radius 1 is 1.35 bits per heavy atom. The van der Waals surface area contributed by atoms with Crippen molar-refractivity contribution < 1.29 is 14.7 Å². The zero-order chi connectivity index (χ0) is 13.3. The lowest BCUT2D eigenvalue weighted by molar-refractivity contribution is -0.139. The van der Waals surface area contributed by atoms with Crippen LogP contribution in [0.4, 0.5) is 4.79 Å². The number of carboxylic acids is 1. The molecule has 0 aromatic rings. The molecule has 0 aromatic carbocycles. The molecular formula is C12H22N2O3. The van der Waals surface area contributed by atoms with Crippen molar-refractivity contribution >= 4 is 12.0 Å². The standard InChI is InChI=1S/C12H22N2O3/c1-4-5-6-7-13-12(17)14-10(11(15)16)8-9(2)3/h4-5,9-10H,6-8H2,1-3H3,(H,15,16)(H2,13,14,17)/b5-4+. The minimum atomic E-state index is -0.998. The summed E-state index contributed by atoms with van der Waals surface area (Å²) in [4.78, 5) is 22.3. The van der Waals surface area contributed by atoms with E-state index < -0.39 is 18.0 Å². The molecule has 0 aromatic heterocycles. The second-order valence-corrected chi connectivity index (χ2v) is 4.28. The summed E-state index contributed by atoms with van der Waals surface area (Å²) in [5.74, 6) is -0.776. The zero-order valence-electron chi connectivity index (χ0n) is 10.7. The molecule has 0 saturated carbocycles. The number of hydrogen-bond acceptors (Lipinski definition) is 2. The molecule has 0 radical (unpaired) electrons. The maximum absolute atomic E-state index is 11.4. The molecule has 2 amide bonds. The van der Waals surface area contributed by atoms with Gasteiger partial charge in [-0.15, -0.1) is 0 Å². The van der Waals surface area contributed by atoms with Gasteiger partial charge in [-0.05, 0) is 25.7 Å². The molecule has 5 nitrogen and oxygen atoms in total. The van der Waals surface area contributed by atoms with Gasteiger partial charge in [-0.3, -0.25) is 0 Å². The zero-order valence-corrected chi connectivity index (χ0v) is 10.7. The van der Waals surface area contributed by atoms with Crippen LogP contribution in [0.2, 0.25) is 0 Å². The quantitative estimate of drug-likeness (QED) is 0.470. The fraction of sp³-hybridized carbons (Fsp3) is 0.667. The Kier molecular flexibility index (Phi) is 7.84. The van der Waals surface area contributed by atoms with Crippen LogP contribution in [0.25, 0.3) is 0 Å². The molecule has 0 bridgehead atoms. The van der Waals surface area contributed by atoms with E-state index in [1.807, 2.05) is 32.9 Å². The third-order valence-electron chi connectivity index (χ3n) is 2.14. The lowest BCUT2D eigenvalue weighted by Gasteiger charge is -2.16. The van der Waals surface area contributed by atoms with E-state index in [1.165, 1.54) is 0 Å². The second-order valence-electron chi connectivity index (χ2n) is 4.28. The molecule has 5 heteroatoms. The first-order chi connectivity index (χ1) is 7.97. The number of aliphatic carboxylic acids is 1. The number of hydrogen-bond donors (Lipinski definition) is 3. The van der Waals surface area contributed by atoms with E-state index in [0.717, 1.165) is 6.42 Å². The van der Waals surface area contributed by atoms with Gasteiger partial charge in [0.1, 0.15) is 6.04 Å². The molecule has 0 spiro atoms. The van der Waals surface area contributed by atoms with Crippen molar-refractivity contribution in [3.63, 3.8) is 0 Å². The molecule has 98 valence electrons. The Labute approximate surface area is 102 Å². The van der Waals surface area contributed by atoms with Crippen molar-refractivity contribution in [2.75, 3.05) is 6.54 Å². The highest BCUT2D eigenvalue weighted by Crippen LogP contribution is 2.04. The normalized spacial score (nSPS) is 12.7. The van der Waals surface area contributed by atoms with Crippen molar-refractivity contribution in [3.8, 4) is 0 Å². The van der Waals surface area contributed by atoms with E-state index in [1.54, 1.807) is 0 Å². The van der Waals surface area contributed by atoms with Crippen molar-refractivity contribution in [3.05, 3.63) is 12.2 Å². The Morgan fingerprint density at radius 3 is 2.47 bits per heavy atom. The number of carbonyl (C=O) groups is 2. The van der Waals surface area contributed by atoms with E-state index in [-0.39, 0.29) is 5.92 Å². The van der Waals surface area contributed by atoms with Crippen LogP contribution in [0.3, 0.4) is 0 Å². The number of amides is 2. The number of carbonyl (C=O) groups excluding carboxylic acids is 1. The van der Waals surface area contributed by atoms with Crippen molar-refractivity contribution in [1.82, 2.24) is 10.6 Å². The van der Waals surface area contributed by atoms with Gasteiger partial charge in [0.2, 0.25) is 0 Å². The highest BCUT2D eigenvalue weighted by atomic mass is 16.4. The first-order valence-electron chi connectivity index (χ1n) is 5.85. The molecule has 1 unspecified atom stereocenters. The minimum Gasteiger partial charge on any atom is -0.480 e. The van der Waals surface area contributed by atoms with Crippen LogP contribution in [0.15, 0.2) is 12.2 Å². The van der Waals surface area contributed by atoms with Crippen LogP contribution in [0, 0.1) is 5.92 Å². The summed E-state index contributed by atoms with van der Waals surface area (Å²) in [6, 6.07) is -1.25. The summed E-state index contributed by atoms with van der Waals surface area (Å²) >= 11 is 0. The van der Waals surface area contributed by atoms with Gasteiger partial charge >= 0.3 is 12.0 Å². The molecule has 3 N–H and O–H groups in total. The molecule has 1 atom stereocenters. The fourth-order valence-electron chi connectivity index (χ4n) is 1.34. The van der Waals surface area contributed by atoms with Gasteiger partial charge in [0, 0.05) is 6.54 Å². The van der Waals surface area contributed by atoms with Gasteiger partial charge in [-0.1, -0.05) is 26.0 Å². The van der Waals surface area contributed by atoms with Crippen LogP contribution >= 0.6 is 0 Å². The largest absolute Gasteiger partial charge is 0.480 e. The van der Waals surface area contributed by atoms with Crippen molar-refractivity contribution in [2.24, 2.45) is 5.92 Å². The number of rotatable bonds is 7. The van der Waals surface area contributed by atoms with Gasteiger partial charge in [0.15, 0.2) is 0 Å². The average molecular weight is 242 g/mol. The second kappa shape index (κ2) is 8.61. The lowest BCUT2D eigenvalue weighted by Crippen LogP contribution is -2.46. The van der Waals surface area contributed by atoms with E-state index in [4.69, 9.17) is 5.11 Å². The Morgan fingerprint density at radius 2 is 2.00 bits per heavy atom. The highest BCUT2D eigenvalue weighted by Gasteiger charge is 2.20. The van der Waals surface area contributed by atoms with Crippen molar-refractivity contribution in [1.29, 1.82) is 0 Å². The van der Waals surface area contributed by atoms with E-state index >= 15 is 0 Å². The van der Waals surface area contributed by atoms with E-state index in [2.05, 4.69) is 10.6 Å². The smallest absolute Gasteiger partial charge is 0.326 e. The monoisotopic (exact) mass is 242 g/mol. The number of carboxylic acid groups (broad SMARTS) is 1. The molecule has 0 heterocycles. The summed E-state index contributed by atoms with van der Waals surface area (Å²) in [5.41, 5.74) is 0. The topological polar surface area (TPSA) is 78.4 Å². The molecule has 0 fully saturated rings. The number of allylic oxidation sites excluding steroid dienone is 1. The SMILES string of the molecule is C/C=C/CCNC(=O)NC(CC(C)C)C(=O)O. The summed E-state index contributed by atoms with van der Waals surface area (Å²) in [7, 11) is 0. The summed E-state index contributed by atoms with van der Waals surface area (Å²) in [6.45, 7) is 6.25. The Balaban J connectivity index is 3.99. The molecule has 0 aliphatic carbocycles. The maximum Gasteiger partial charge on any atom is 0.326 e. The molecule has 17 heavy (non-hydrogen) atoms. The molecule has 0 aliphatic rings.